The Morgan fingerprint density at radius 3 is 1.81 bits per heavy atom. The summed E-state index contributed by atoms with van der Waals surface area (Å²) in [5, 5.41) is 10.5. The van der Waals surface area contributed by atoms with E-state index in [1.165, 1.54) is 0 Å². The smallest absolute Gasteiger partial charge is 0.200 e. The van der Waals surface area contributed by atoms with Gasteiger partial charge in [-0.2, -0.15) is 0 Å². The first-order valence-electron chi connectivity index (χ1n) is 9.96. The van der Waals surface area contributed by atoms with Crippen LogP contribution in [0.2, 0.25) is 16.6 Å². The zero-order valence-electron chi connectivity index (χ0n) is 17.8. The number of aliphatic hydroxyl groups is 1. The lowest BCUT2D eigenvalue weighted by molar-refractivity contribution is -0.130. The first kappa shape index (κ1) is 23.1. The summed E-state index contributed by atoms with van der Waals surface area (Å²) < 4.78 is 6.57. The van der Waals surface area contributed by atoms with Crippen LogP contribution in [0.25, 0.3) is 0 Å². The minimum atomic E-state index is -1.98. The molecule has 3 nitrogen and oxygen atoms in total. The maximum atomic E-state index is 12.9. The van der Waals surface area contributed by atoms with Gasteiger partial charge in [-0.25, -0.2) is 0 Å². The molecule has 0 aliphatic heterocycles. The van der Waals surface area contributed by atoms with Crippen molar-refractivity contribution in [1.82, 2.24) is 0 Å². The van der Waals surface area contributed by atoms with Crippen molar-refractivity contribution in [2.75, 3.05) is 6.61 Å². The number of benzene rings is 1. The molecule has 1 N–H and O–H groups in total. The highest BCUT2D eigenvalue weighted by atomic mass is 28.4. The minimum absolute atomic E-state index is 0.0699. The summed E-state index contributed by atoms with van der Waals surface area (Å²) in [6.07, 6.45) is -0.770. The van der Waals surface area contributed by atoms with Gasteiger partial charge in [-0.3, -0.25) is 4.79 Å². The highest BCUT2D eigenvalue weighted by Crippen LogP contribution is 2.42. The minimum Gasteiger partial charge on any atom is -0.415 e. The van der Waals surface area contributed by atoms with Gasteiger partial charge < -0.3 is 9.53 Å². The molecule has 0 aliphatic carbocycles. The van der Waals surface area contributed by atoms with E-state index in [1.807, 2.05) is 44.2 Å². The number of aliphatic hydroxyl groups excluding tert-OH is 1. The largest absolute Gasteiger partial charge is 0.415 e. The average molecular weight is 379 g/mol. The molecule has 0 heterocycles. The molecular formula is C22H38O3Si. The van der Waals surface area contributed by atoms with Gasteiger partial charge in [0, 0.05) is 18.4 Å². The lowest BCUT2D eigenvalue weighted by atomic mass is 9.88. The molecular weight excluding hydrogens is 340 g/mol. The molecule has 0 amide bonds. The van der Waals surface area contributed by atoms with E-state index in [-0.39, 0.29) is 11.7 Å². The Morgan fingerprint density at radius 1 is 0.923 bits per heavy atom. The van der Waals surface area contributed by atoms with Gasteiger partial charge >= 0.3 is 0 Å². The number of Topliss-reactive ketones (excluding diaryl/α,β-unsaturated/α-hetero) is 1. The fraction of sp³-hybridized carbons (Fsp3) is 0.682. The quantitative estimate of drug-likeness (QED) is 0.527. The van der Waals surface area contributed by atoms with Gasteiger partial charge in [-0.05, 0) is 22.2 Å². The van der Waals surface area contributed by atoms with E-state index in [0.29, 0.717) is 23.2 Å². The van der Waals surface area contributed by atoms with Gasteiger partial charge in [0.15, 0.2) is 8.32 Å². The third-order valence-corrected chi connectivity index (χ3v) is 11.9. The molecule has 1 aromatic rings. The van der Waals surface area contributed by atoms with E-state index < -0.39 is 20.3 Å². The zero-order valence-corrected chi connectivity index (χ0v) is 18.8. The maximum absolute atomic E-state index is 12.9. The molecule has 0 unspecified atom stereocenters. The first-order valence-corrected chi connectivity index (χ1v) is 12.1. The second kappa shape index (κ2) is 9.82. The van der Waals surface area contributed by atoms with Gasteiger partial charge in [0.2, 0.25) is 0 Å². The average Bonchev–Trinajstić information content (AvgIpc) is 2.59. The third kappa shape index (κ3) is 5.05. The van der Waals surface area contributed by atoms with Crippen molar-refractivity contribution in [3.8, 4) is 0 Å². The van der Waals surface area contributed by atoms with E-state index >= 15 is 0 Å². The Labute approximate surface area is 161 Å². The molecule has 0 saturated carbocycles. The summed E-state index contributed by atoms with van der Waals surface area (Å²) in [4.78, 5) is 12.9. The Bertz CT molecular complexity index is 532. The molecule has 0 aliphatic rings. The number of rotatable bonds is 10. The molecule has 4 heteroatoms. The monoisotopic (exact) mass is 378 g/mol. The van der Waals surface area contributed by atoms with Crippen LogP contribution in [0.4, 0.5) is 0 Å². The van der Waals surface area contributed by atoms with Crippen LogP contribution in [0.15, 0.2) is 30.3 Å². The van der Waals surface area contributed by atoms with Crippen LogP contribution in [0, 0.1) is 11.8 Å². The van der Waals surface area contributed by atoms with E-state index in [1.54, 1.807) is 0 Å². The molecule has 0 fully saturated rings. The van der Waals surface area contributed by atoms with Crippen LogP contribution in [-0.2, 0) is 9.22 Å². The molecule has 1 rings (SSSR count). The summed E-state index contributed by atoms with van der Waals surface area (Å²) in [6, 6.07) is 9.41. The molecule has 0 saturated heterocycles. The van der Waals surface area contributed by atoms with Crippen molar-refractivity contribution in [2.24, 2.45) is 11.8 Å². The summed E-state index contributed by atoms with van der Waals surface area (Å²) >= 11 is 0. The van der Waals surface area contributed by atoms with Gasteiger partial charge in [0.05, 0.1) is 6.10 Å². The van der Waals surface area contributed by atoms with Crippen molar-refractivity contribution in [2.45, 2.75) is 78.1 Å². The lowest BCUT2D eigenvalue weighted by Crippen LogP contribution is -2.49. The van der Waals surface area contributed by atoms with E-state index in [2.05, 4.69) is 41.5 Å². The molecule has 0 radical (unpaired) electrons. The molecule has 1 aromatic carbocycles. The van der Waals surface area contributed by atoms with Crippen LogP contribution in [0.3, 0.4) is 0 Å². The van der Waals surface area contributed by atoms with E-state index in [9.17, 15) is 9.90 Å². The van der Waals surface area contributed by atoms with Gasteiger partial charge in [-0.1, -0.05) is 85.7 Å². The normalized spacial score (nSPS) is 16.2. The van der Waals surface area contributed by atoms with Crippen LogP contribution in [0.1, 0.15) is 67.1 Å². The Morgan fingerprint density at radius 2 is 1.38 bits per heavy atom. The molecule has 26 heavy (non-hydrogen) atoms. The molecule has 0 aromatic heterocycles. The van der Waals surface area contributed by atoms with Gasteiger partial charge in [0.25, 0.3) is 0 Å². The van der Waals surface area contributed by atoms with Crippen LogP contribution in [0.5, 0.6) is 0 Å². The summed E-state index contributed by atoms with van der Waals surface area (Å²) in [5.74, 6) is -0.587. The van der Waals surface area contributed by atoms with Crippen LogP contribution < -0.4 is 0 Å². The third-order valence-electron chi connectivity index (χ3n) is 5.84. The first-order chi connectivity index (χ1) is 12.1. The van der Waals surface area contributed by atoms with Crippen molar-refractivity contribution in [3.05, 3.63) is 35.9 Å². The molecule has 148 valence electrons. The summed E-state index contributed by atoms with van der Waals surface area (Å²) in [7, 11) is -1.98. The zero-order chi connectivity index (χ0) is 20.1. The van der Waals surface area contributed by atoms with Crippen LogP contribution in [-0.4, -0.2) is 25.8 Å². The Kier molecular flexibility index (Phi) is 8.71. The Hall–Kier alpha value is -0.973. The van der Waals surface area contributed by atoms with E-state index in [0.717, 1.165) is 5.56 Å². The standard InChI is InChI=1S/C22H38O3Si/c1-15(2)26(16(3)4,17(5)6)25-14-18(7)21(23)19(8)22(24)20-12-10-9-11-13-20/h9-13,15-19,22,24H,14H2,1-8H3/t18-,19-,22+/m1/s1. The van der Waals surface area contributed by atoms with Crippen molar-refractivity contribution in [1.29, 1.82) is 0 Å². The highest BCUT2D eigenvalue weighted by molar-refractivity contribution is 6.77. The van der Waals surface area contributed by atoms with Gasteiger partial charge in [-0.15, -0.1) is 0 Å². The fourth-order valence-corrected chi connectivity index (χ4v) is 9.93. The highest BCUT2D eigenvalue weighted by Gasteiger charge is 2.45. The number of ketones is 1. The predicted octanol–water partition coefficient (Wildman–Crippen LogP) is 5.75. The van der Waals surface area contributed by atoms with Crippen LogP contribution >= 0.6 is 0 Å². The maximum Gasteiger partial charge on any atom is 0.200 e. The number of hydrogen-bond donors (Lipinski definition) is 1. The summed E-state index contributed by atoms with van der Waals surface area (Å²) in [6.45, 7) is 17.7. The lowest BCUT2D eigenvalue weighted by Gasteiger charge is -2.42. The fourth-order valence-electron chi connectivity index (χ4n) is 4.39. The second-order valence-corrected chi connectivity index (χ2v) is 14.0. The second-order valence-electron chi connectivity index (χ2n) is 8.58. The number of carbonyl (C=O) groups is 1. The molecule has 3 atom stereocenters. The topological polar surface area (TPSA) is 46.5 Å². The molecule has 0 spiro atoms. The van der Waals surface area contributed by atoms with Gasteiger partial charge in [0.1, 0.15) is 5.78 Å². The summed E-state index contributed by atoms with van der Waals surface area (Å²) in [5.41, 5.74) is 2.28. The van der Waals surface area contributed by atoms with E-state index in [4.69, 9.17) is 4.43 Å². The Balaban J connectivity index is 2.82. The number of carbonyl (C=O) groups excluding carboxylic acids is 1. The van der Waals surface area contributed by atoms with Crippen molar-refractivity contribution in [3.63, 3.8) is 0 Å². The molecule has 0 bridgehead atoms. The van der Waals surface area contributed by atoms with Crippen molar-refractivity contribution < 1.29 is 14.3 Å². The number of hydrogen-bond acceptors (Lipinski definition) is 3. The predicted molar refractivity (Wildman–Crippen MR) is 112 cm³/mol. The SMILES string of the molecule is CC(C)[Si](OC[C@@H](C)C(=O)[C@@H](C)[C@H](O)c1ccccc1)(C(C)C)C(C)C. The van der Waals surface area contributed by atoms with Crippen molar-refractivity contribution >= 4 is 14.1 Å².